The second-order valence-electron chi connectivity index (χ2n) is 8.77. The van der Waals surface area contributed by atoms with Gasteiger partial charge in [-0.25, -0.2) is 9.78 Å². The zero-order valence-electron chi connectivity index (χ0n) is 20.6. The first kappa shape index (κ1) is 29.5. The van der Waals surface area contributed by atoms with E-state index >= 15 is 0 Å². The first-order valence-electron chi connectivity index (χ1n) is 11.8. The summed E-state index contributed by atoms with van der Waals surface area (Å²) in [6, 6.07) is 14.3. The van der Waals surface area contributed by atoms with Gasteiger partial charge in [0.15, 0.2) is 0 Å². The minimum Gasteiger partial charge on any atom is -0.497 e. The number of anilines is 1. The van der Waals surface area contributed by atoms with Crippen LogP contribution >= 0.6 is 0 Å². The van der Waals surface area contributed by atoms with E-state index in [0.717, 1.165) is 31.7 Å². The molecule has 0 spiro atoms. The van der Waals surface area contributed by atoms with Crippen molar-refractivity contribution in [1.82, 2.24) is 10.3 Å². The van der Waals surface area contributed by atoms with Crippen molar-refractivity contribution in [2.75, 3.05) is 12.4 Å². The molecule has 7 nitrogen and oxygen atoms in total. The maximum atomic E-state index is 13.5. The number of para-hydroxylation sites is 1. The van der Waals surface area contributed by atoms with Crippen molar-refractivity contribution in [2.45, 2.75) is 50.1 Å². The second-order valence-corrected chi connectivity index (χ2v) is 8.77. The van der Waals surface area contributed by atoms with Crippen LogP contribution < -0.4 is 15.4 Å². The van der Waals surface area contributed by atoms with E-state index in [1.54, 1.807) is 49.6 Å². The van der Waals surface area contributed by atoms with Gasteiger partial charge in [-0.3, -0.25) is 4.79 Å². The molecule has 1 aromatic heterocycles. The van der Waals surface area contributed by atoms with Crippen molar-refractivity contribution in [1.29, 1.82) is 0 Å². The summed E-state index contributed by atoms with van der Waals surface area (Å²) in [5.41, 5.74) is 0.151. The zero-order chi connectivity index (χ0) is 28.8. The highest BCUT2D eigenvalue weighted by Gasteiger charge is 2.38. The second kappa shape index (κ2) is 12.2. The molecule has 1 saturated carbocycles. The van der Waals surface area contributed by atoms with Crippen LogP contribution in [0.2, 0.25) is 0 Å². The Bertz CT molecular complexity index is 1300. The number of halogens is 6. The van der Waals surface area contributed by atoms with Crippen LogP contribution in [0.4, 0.5) is 32.2 Å². The van der Waals surface area contributed by atoms with E-state index in [-0.39, 0.29) is 29.2 Å². The van der Waals surface area contributed by atoms with E-state index < -0.39 is 23.9 Å². The van der Waals surface area contributed by atoms with E-state index in [1.807, 2.05) is 0 Å². The van der Waals surface area contributed by atoms with Crippen molar-refractivity contribution in [3.63, 3.8) is 0 Å². The number of hydrogen-bond donors (Lipinski definition) is 3. The normalized spacial score (nSPS) is 17.5. The summed E-state index contributed by atoms with van der Waals surface area (Å²) < 4.78 is 77.5. The number of hydrogen-bond acceptors (Lipinski definition) is 5. The number of nitrogens with one attached hydrogen (secondary N) is 2. The fraction of sp³-hybridized carbons (Fsp3) is 0.346. The first-order valence-corrected chi connectivity index (χ1v) is 11.8. The standard InChI is InChI=1S/C24H24F3N3O2.C2HF3O2/c1-32-18-6-4-5-15(13-18)23(31)29-17-11-9-16(10-12-17)28-22-14-20(24(25,26)27)19-7-2-3-8-21(19)30-22;3-2(4,5)1(6)7/h2-8,13-14,16-17H,9-12H2,1H3,(H,28,30)(H,29,31);(H,6,7). The minimum atomic E-state index is -5.08. The van der Waals surface area contributed by atoms with Gasteiger partial charge >= 0.3 is 18.3 Å². The highest BCUT2D eigenvalue weighted by molar-refractivity contribution is 5.94. The Balaban J connectivity index is 0.000000532. The third kappa shape index (κ3) is 8.23. The Kier molecular flexibility index (Phi) is 9.25. The number of aliphatic carboxylic acids is 1. The molecule has 2 aromatic carbocycles. The lowest BCUT2D eigenvalue weighted by Gasteiger charge is -2.30. The molecule has 1 heterocycles. The van der Waals surface area contributed by atoms with Gasteiger partial charge in [0.2, 0.25) is 0 Å². The van der Waals surface area contributed by atoms with E-state index in [9.17, 15) is 31.1 Å². The Morgan fingerprint density at radius 1 is 0.923 bits per heavy atom. The number of methoxy groups -OCH3 is 1. The summed E-state index contributed by atoms with van der Waals surface area (Å²) in [5.74, 6) is -2.08. The van der Waals surface area contributed by atoms with Crippen molar-refractivity contribution in [3.05, 3.63) is 65.7 Å². The number of carboxylic acids is 1. The third-order valence-electron chi connectivity index (χ3n) is 6.01. The molecule has 3 aromatic rings. The number of amides is 1. The molecule has 210 valence electrons. The monoisotopic (exact) mass is 557 g/mol. The number of benzene rings is 2. The van der Waals surface area contributed by atoms with Crippen LogP contribution in [0.5, 0.6) is 5.75 Å². The van der Waals surface area contributed by atoms with Crippen molar-refractivity contribution >= 4 is 28.6 Å². The lowest BCUT2D eigenvalue weighted by atomic mass is 9.91. The summed E-state index contributed by atoms with van der Waals surface area (Å²) in [6.45, 7) is 0. The number of carbonyl (C=O) groups excluding carboxylic acids is 1. The van der Waals surface area contributed by atoms with Crippen LogP contribution in [-0.2, 0) is 11.0 Å². The number of carbonyl (C=O) groups is 2. The number of carboxylic acid groups (broad SMARTS) is 1. The fourth-order valence-corrected chi connectivity index (χ4v) is 4.11. The molecule has 1 aliphatic rings. The molecular weight excluding hydrogens is 532 g/mol. The van der Waals surface area contributed by atoms with Gasteiger partial charge in [-0.2, -0.15) is 26.3 Å². The van der Waals surface area contributed by atoms with Crippen molar-refractivity contribution in [3.8, 4) is 5.75 Å². The molecule has 1 fully saturated rings. The Morgan fingerprint density at radius 3 is 2.13 bits per heavy atom. The number of rotatable bonds is 5. The smallest absolute Gasteiger partial charge is 0.490 e. The lowest BCUT2D eigenvalue weighted by Crippen LogP contribution is -2.40. The third-order valence-corrected chi connectivity index (χ3v) is 6.01. The topological polar surface area (TPSA) is 101 Å². The summed E-state index contributed by atoms with van der Waals surface area (Å²) in [7, 11) is 1.55. The summed E-state index contributed by atoms with van der Waals surface area (Å²) in [4.78, 5) is 25.8. The van der Waals surface area contributed by atoms with Gasteiger partial charge in [-0.05, 0) is 56.0 Å². The molecule has 3 N–H and O–H groups in total. The SMILES string of the molecule is COc1cccc(C(=O)NC2CCC(Nc3cc(C(F)(F)F)c4ccccc4n3)CC2)c1.O=C(O)C(F)(F)F. The van der Waals surface area contributed by atoms with Crippen LogP contribution in [0.3, 0.4) is 0 Å². The quantitative estimate of drug-likeness (QED) is 0.331. The zero-order valence-corrected chi connectivity index (χ0v) is 20.6. The van der Waals surface area contributed by atoms with Crippen LogP contribution in [0.1, 0.15) is 41.6 Å². The van der Waals surface area contributed by atoms with Crippen LogP contribution in [-0.4, -0.2) is 47.3 Å². The van der Waals surface area contributed by atoms with E-state index in [2.05, 4.69) is 15.6 Å². The average Bonchev–Trinajstić information content (AvgIpc) is 2.88. The lowest BCUT2D eigenvalue weighted by molar-refractivity contribution is -0.192. The molecule has 13 heteroatoms. The van der Waals surface area contributed by atoms with Gasteiger partial charge < -0.3 is 20.5 Å². The van der Waals surface area contributed by atoms with Gasteiger partial charge in [0.05, 0.1) is 18.2 Å². The molecule has 1 amide bonds. The number of pyridine rings is 1. The molecule has 0 radical (unpaired) electrons. The number of fused-ring (bicyclic) bond motifs is 1. The van der Waals surface area contributed by atoms with Crippen molar-refractivity contribution < 1.29 is 45.8 Å². The van der Waals surface area contributed by atoms with E-state index in [0.29, 0.717) is 16.8 Å². The Morgan fingerprint density at radius 2 is 1.54 bits per heavy atom. The van der Waals surface area contributed by atoms with Crippen LogP contribution in [0, 0.1) is 0 Å². The molecule has 1 aliphatic carbocycles. The molecule has 0 atom stereocenters. The van der Waals surface area contributed by atoms with Gasteiger partial charge in [0, 0.05) is 23.0 Å². The molecule has 0 saturated heterocycles. The predicted octanol–water partition coefficient (Wildman–Crippen LogP) is 6.05. The fourth-order valence-electron chi connectivity index (χ4n) is 4.11. The van der Waals surface area contributed by atoms with Gasteiger partial charge in [-0.15, -0.1) is 0 Å². The van der Waals surface area contributed by atoms with Gasteiger partial charge in [0.25, 0.3) is 5.91 Å². The van der Waals surface area contributed by atoms with E-state index in [4.69, 9.17) is 14.6 Å². The number of nitrogens with zero attached hydrogens (tertiary/aromatic N) is 1. The molecule has 0 bridgehead atoms. The maximum Gasteiger partial charge on any atom is 0.490 e. The van der Waals surface area contributed by atoms with Crippen LogP contribution in [0.25, 0.3) is 10.9 Å². The predicted molar refractivity (Wildman–Crippen MR) is 131 cm³/mol. The number of alkyl halides is 6. The maximum absolute atomic E-state index is 13.5. The average molecular weight is 557 g/mol. The molecule has 0 unspecified atom stereocenters. The molecule has 39 heavy (non-hydrogen) atoms. The summed E-state index contributed by atoms with van der Waals surface area (Å²) >= 11 is 0. The molecular formula is C26H25F6N3O4. The summed E-state index contributed by atoms with van der Waals surface area (Å²) in [5, 5.41) is 13.4. The Hall–Kier alpha value is -4.03. The molecule has 4 rings (SSSR count). The first-order chi connectivity index (χ1) is 18.3. The molecule has 0 aliphatic heterocycles. The van der Waals surface area contributed by atoms with Crippen molar-refractivity contribution in [2.24, 2.45) is 0 Å². The highest BCUT2D eigenvalue weighted by atomic mass is 19.4. The number of ether oxygens (including phenoxy) is 1. The van der Waals surface area contributed by atoms with Gasteiger partial charge in [-0.1, -0.05) is 24.3 Å². The summed E-state index contributed by atoms with van der Waals surface area (Å²) in [6.07, 6.45) is -6.64. The Labute approximate surface area is 219 Å². The highest BCUT2D eigenvalue weighted by Crippen LogP contribution is 2.36. The minimum absolute atomic E-state index is 0.00489. The number of aromatic nitrogens is 1. The van der Waals surface area contributed by atoms with Crippen LogP contribution in [0.15, 0.2) is 54.6 Å². The van der Waals surface area contributed by atoms with Gasteiger partial charge in [0.1, 0.15) is 11.6 Å². The largest absolute Gasteiger partial charge is 0.497 e. The van der Waals surface area contributed by atoms with E-state index in [1.165, 1.54) is 6.07 Å².